The monoisotopic (exact) mass is 381 g/mol. The number of rotatable bonds is 4. The Hall–Kier alpha value is -2.80. The number of para-hydroxylation sites is 1. The summed E-state index contributed by atoms with van der Waals surface area (Å²) in [7, 11) is 0. The fourth-order valence-electron chi connectivity index (χ4n) is 3.17. The van der Waals surface area contributed by atoms with Crippen LogP contribution in [0.25, 0.3) is 0 Å². The lowest BCUT2D eigenvalue weighted by atomic mass is 10.2. The Bertz CT molecular complexity index is 913. The molecule has 138 valence electrons. The van der Waals surface area contributed by atoms with E-state index in [9.17, 15) is 4.39 Å². The van der Waals surface area contributed by atoms with Crippen LogP contribution in [0.4, 0.5) is 21.6 Å². The molecular weight excluding hydrogens is 361 g/mol. The van der Waals surface area contributed by atoms with Crippen molar-refractivity contribution >= 4 is 29.0 Å². The van der Waals surface area contributed by atoms with Gasteiger partial charge < -0.3 is 15.5 Å². The van der Waals surface area contributed by atoms with E-state index in [-0.39, 0.29) is 5.82 Å². The van der Waals surface area contributed by atoms with Gasteiger partial charge in [0.15, 0.2) is 5.82 Å². The van der Waals surface area contributed by atoms with Crippen LogP contribution in [-0.2, 0) is 0 Å². The molecule has 2 heterocycles. The molecule has 0 unspecified atom stereocenters. The van der Waals surface area contributed by atoms with E-state index < -0.39 is 0 Å². The number of piperazine rings is 1. The molecule has 2 aromatic carbocycles. The SMILES string of the molecule is Nc1c(Sc2ccccc2)ncnc1N1CCN(c2ccccc2F)CC1. The number of aromatic nitrogens is 2. The van der Waals surface area contributed by atoms with Crippen LogP contribution in [0.15, 0.2) is 70.8 Å². The molecular formula is C20H20FN5S. The van der Waals surface area contributed by atoms with Crippen LogP contribution in [0.3, 0.4) is 0 Å². The quantitative estimate of drug-likeness (QED) is 0.696. The van der Waals surface area contributed by atoms with Crippen LogP contribution >= 0.6 is 11.8 Å². The van der Waals surface area contributed by atoms with Gasteiger partial charge in [0, 0.05) is 31.1 Å². The Morgan fingerprint density at radius 3 is 2.26 bits per heavy atom. The number of nitrogen functional groups attached to an aromatic ring is 1. The third kappa shape index (κ3) is 3.83. The number of nitrogens with zero attached hydrogens (tertiary/aromatic N) is 4. The molecule has 1 fully saturated rings. The summed E-state index contributed by atoms with van der Waals surface area (Å²) < 4.78 is 14.0. The van der Waals surface area contributed by atoms with Gasteiger partial charge in [-0.3, -0.25) is 0 Å². The topological polar surface area (TPSA) is 58.3 Å². The summed E-state index contributed by atoms with van der Waals surface area (Å²) in [5.41, 5.74) is 7.61. The van der Waals surface area contributed by atoms with Crippen molar-refractivity contribution in [2.75, 3.05) is 41.7 Å². The molecule has 1 aromatic heterocycles. The number of anilines is 3. The summed E-state index contributed by atoms with van der Waals surface area (Å²) in [6.07, 6.45) is 1.56. The van der Waals surface area contributed by atoms with Gasteiger partial charge in [0.25, 0.3) is 0 Å². The van der Waals surface area contributed by atoms with E-state index in [1.165, 1.54) is 17.8 Å². The van der Waals surface area contributed by atoms with Gasteiger partial charge in [0.2, 0.25) is 0 Å². The lowest BCUT2D eigenvalue weighted by Crippen LogP contribution is -2.47. The normalized spacial score (nSPS) is 14.4. The maximum absolute atomic E-state index is 14.0. The first-order valence-corrected chi connectivity index (χ1v) is 9.62. The minimum atomic E-state index is -0.186. The van der Waals surface area contributed by atoms with Gasteiger partial charge in [0.05, 0.1) is 5.69 Å². The van der Waals surface area contributed by atoms with Gasteiger partial charge in [-0.1, -0.05) is 42.1 Å². The summed E-state index contributed by atoms with van der Waals surface area (Å²) in [5.74, 6) is 0.561. The van der Waals surface area contributed by atoms with Crippen molar-refractivity contribution in [3.8, 4) is 0 Å². The van der Waals surface area contributed by atoms with Gasteiger partial charge in [-0.25, -0.2) is 14.4 Å². The average Bonchev–Trinajstić information content (AvgIpc) is 2.71. The summed E-state index contributed by atoms with van der Waals surface area (Å²) in [5, 5.41) is 0.753. The number of nitrogens with two attached hydrogens (primary N) is 1. The van der Waals surface area contributed by atoms with Gasteiger partial charge >= 0.3 is 0 Å². The molecule has 0 amide bonds. The number of halogens is 1. The van der Waals surface area contributed by atoms with Gasteiger partial charge in [0.1, 0.15) is 22.9 Å². The van der Waals surface area contributed by atoms with Gasteiger partial charge in [-0.15, -0.1) is 0 Å². The van der Waals surface area contributed by atoms with Crippen LogP contribution in [0.1, 0.15) is 0 Å². The van der Waals surface area contributed by atoms with Crippen LogP contribution < -0.4 is 15.5 Å². The highest BCUT2D eigenvalue weighted by molar-refractivity contribution is 7.99. The lowest BCUT2D eigenvalue weighted by Gasteiger charge is -2.37. The highest BCUT2D eigenvalue weighted by Gasteiger charge is 2.23. The number of hydrogen-bond donors (Lipinski definition) is 1. The summed E-state index contributed by atoms with van der Waals surface area (Å²) in [4.78, 5) is 14.0. The Kier molecular flexibility index (Phi) is 5.11. The molecule has 3 aromatic rings. The average molecular weight is 381 g/mol. The van der Waals surface area contributed by atoms with Crippen molar-refractivity contribution < 1.29 is 4.39 Å². The molecule has 4 rings (SSSR count). The fraction of sp³-hybridized carbons (Fsp3) is 0.200. The number of hydrogen-bond acceptors (Lipinski definition) is 6. The molecule has 7 heteroatoms. The maximum Gasteiger partial charge on any atom is 0.156 e. The zero-order chi connectivity index (χ0) is 18.6. The lowest BCUT2D eigenvalue weighted by molar-refractivity contribution is 0.596. The van der Waals surface area contributed by atoms with Crippen LogP contribution in [0.5, 0.6) is 0 Å². The zero-order valence-corrected chi connectivity index (χ0v) is 15.6. The Morgan fingerprint density at radius 1 is 0.852 bits per heavy atom. The van der Waals surface area contributed by atoms with E-state index in [1.54, 1.807) is 12.4 Å². The molecule has 0 bridgehead atoms. The van der Waals surface area contributed by atoms with Crippen molar-refractivity contribution in [2.45, 2.75) is 9.92 Å². The van der Waals surface area contributed by atoms with Crippen LogP contribution in [-0.4, -0.2) is 36.1 Å². The molecule has 2 N–H and O–H groups in total. The largest absolute Gasteiger partial charge is 0.394 e. The van der Waals surface area contributed by atoms with E-state index in [0.29, 0.717) is 24.5 Å². The summed E-state index contributed by atoms with van der Waals surface area (Å²) in [6, 6.07) is 16.9. The second-order valence-corrected chi connectivity index (χ2v) is 7.32. The minimum Gasteiger partial charge on any atom is -0.394 e. The molecule has 0 spiro atoms. The fourth-order valence-corrected chi connectivity index (χ4v) is 3.99. The smallest absolute Gasteiger partial charge is 0.156 e. The standard InChI is InChI=1S/C20H20FN5S/c21-16-8-4-5-9-17(16)25-10-12-26(13-11-25)19-18(22)20(24-14-23-19)27-15-6-2-1-3-7-15/h1-9,14H,10-13,22H2. The highest BCUT2D eigenvalue weighted by atomic mass is 32.2. The van der Waals surface area contributed by atoms with Crippen molar-refractivity contribution in [1.82, 2.24) is 9.97 Å². The van der Waals surface area contributed by atoms with Crippen LogP contribution in [0, 0.1) is 5.82 Å². The predicted octanol–water partition coefficient (Wildman–Crippen LogP) is 3.68. The molecule has 27 heavy (non-hydrogen) atoms. The van der Waals surface area contributed by atoms with E-state index in [1.807, 2.05) is 42.5 Å². The van der Waals surface area contributed by atoms with E-state index in [4.69, 9.17) is 5.73 Å². The second-order valence-electron chi connectivity index (χ2n) is 6.26. The first kappa shape index (κ1) is 17.6. The van der Waals surface area contributed by atoms with Crippen molar-refractivity contribution in [1.29, 1.82) is 0 Å². The Morgan fingerprint density at radius 2 is 1.52 bits per heavy atom. The second kappa shape index (κ2) is 7.84. The Labute approximate surface area is 162 Å². The van der Waals surface area contributed by atoms with Crippen LogP contribution in [0.2, 0.25) is 0 Å². The first-order valence-electron chi connectivity index (χ1n) is 8.80. The van der Waals surface area contributed by atoms with Crippen molar-refractivity contribution in [2.24, 2.45) is 0 Å². The van der Waals surface area contributed by atoms with E-state index in [2.05, 4.69) is 19.8 Å². The summed E-state index contributed by atoms with van der Waals surface area (Å²) >= 11 is 1.53. The maximum atomic E-state index is 14.0. The highest BCUT2D eigenvalue weighted by Crippen LogP contribution is 2.34. The molecule has 0 radical (unpaired) electrons. The first-order chi connectivity index (χ1) is 13.2. The molecule has 0 saturated carbocycles. The third-order valence-electron chi connectivity index (χ3n) is 4.56. The summed E-state index contributed by atoms with van der Waals surface area (Å²) in [6.45, 7) is 2.88. The third-order valence-corrected chi connectivity index (χ3v) is 5.58. The van der Waals surface area contributed by atoms with Gasteiger partial charge in [-0.2, -0.15) is 0 Å². The van der Waals surface area contributed by atoms with E-state index in [0.717, 1.165) is 28.8 Å². The number of benzene rings is 2. The van der Waals surface area contributed by atoms with Gasteiger partial charge in [-0.05, 0) is 24.3 Å². The Balaban J connectivity index is 1.48. The van der Waals surface area contributed by atoms with Crippen molar-refractivity contribution in [3.63, 3.8) is 0 Å². The molecule has 1 saturated heterocycles. The molecule has 1 aliphatic heterocycles. The molecule has 1 aliphatic rings. The van der Waals surface area contributed by atoms with E-state index >= 15 is 0 Å². The predicted molar refractivity (Wildman–Crippen MR) is 108 cm³/mol. The molecule has 5 nitrogen and oxygen atoms in total. The van der Waals surface area contributed by atoms with Crippen molar-refractivity contribution in [3.05, 3.63) is 66.7 Å². The molecule has 0 aliphatic carbocycles. The zero-order valence-electron chi connectivity index (χ0n) is 14.8. The molecule has 0 atom stereocenters. The minimum absolute atomic E-state index is 0.186.